The summed E-state index contributed by atoms with van der Waals surface area (Å²) in [5.41, 5.74) is 3.10. The Morgan fingerprint density at radius 1 is 1.00 bits per heavy atom. The highest BCUT2D eigenvalue weighted by Crippen LogP contribution is 2.09. The Labute approximate surface area is 118 Å². The lowest BCUT2D eigenvalue weighted by Gasteiger charge is -2.08. The van der Waals surface area contributed by atoms with Gasteiger partial charge in [0.1, 0.15) is 6.61 Å². The fourth-order valence-electron chi connectivity index (χ4n) is 1.66. The van der Waals surface area contributed by atoms with Crippen LogP contribution in [0, 0.1) is 20.8 Å². The van der Waals surface area contributed by atoms with Crippen molar-refractivity contribution in [2.24, 2.45) is 0 Å². The standard InChI is InChI=1S/C14H20N2O4/c1-9-10(2)16-12(11(3)15-9)8-20-14(19)7-5-4-6-13(17)18/h4-8H2,1-3H3,(H,17,18). The van der Waals surface area contributed by atoms with Gasteiger partial charge in [0.2, 0.25) is 0 Å². The van der Waals surface area contributed by atoms with Crippen LogP contribution in [0.25, 0.3) is 0 Å². The highest BCUT2D eigenvalue weighted by Gasteiger charge is 2.09. The van der Waals surface area contributed by atoms with Crippen molar-refractivity contribution in [1.29, 1.82) is 0 Å². The number of carboxylic acid groups (broad SMARTS) is 1. The van der Waals surface area contributed by atoms with Crippen LogP contribution in [0.3, 0.4) is 0 Å². The van der Waals surface area contributed by atoms with Gasteiger partial charge in [-0.2, -0.15) is 0 Å². The lowest BCUT2D eigenvalue weighted by Crippen LogP contribution is -2.09. The molecule has 1 aromatic heterocycles. The Kier molecular flexibility index (Phi) is 6.09. The molecule has 1 N–H and O–H groups in total. The van der Waals surface area contributed by atoms with E-state index in [0.717, 1.165) is 17.1 Å². The third kappa shape index (κ3) is 5.34. The lowest BCUT2D eigenvalue weighted by atomic mass is 10.2. The van der Waals surface area contributed by atoms with Gasteiger partial charge in [-0.05, 0) is 33.6 Å². The number of unbranched alkanes of at least 4 members (excludes halogenated alkanes) is 1. The number of esters is 1. The number of ether oxygens (including phenoxy) is 1. The van der Waals surface area contributed by atoms with Gasteiger partial charge in [0, 0.05) is 12.8 Å². The van der Waals surface area contributed by atoms with Gasteiger partial charge in [-0.15, -0.1) is 0 Å². The van der Waals surface area contributed by atoms with Crippen LogP contribution in [0.4, 0.5) is 0 Å². The number of carboxylic acids is 1. The van der Waals surface area contributed by atoms with Crippen LogP contribution in [0.5, 0.6) is 0 Å². The summed E-state index contributed by atoms with van der Waals surface area (Å²) in [4.78, 5) is 30.5. The maximum absolute atomic E-state index is 11.5. The van der Waals surface area contributed by atoms with Gasteiger partial charge in [-0.25, -0.2) is 0 Å². The van der Waals surface area contributed by atoms with E-state index < -0.39 is 5.97 Å². The maximum atomic E-state index is 11.5. The molecule has 0 unspecified atom stereocenters. The van der Waals surface area contributed by atoms with Crippen molar-refractivity contribution in [1.82, 2.24) is 9.97 Å². The predicted molar refractivity (Wildman–Crippen MR) is 72.1 cm³/mol. The number of hydrogen-bond acceptors (Lipinski definition) is 5. The molecule has 0 fully saturated rings. The minimum Gasteiger partial charge on any atom is -0.481 e. The fraction of sp³-hybridized carbons (Fsp3) is 0.571. The highest BCUT2D eigenvalue weighted by molar-refractivity contribution is 5.69. The zero-order chi connectivity index (χ0) is 15.1. The number of hydrogen-bond donors (Lipinski definition) is 1. The lowest BCUT2D eigenvalue weighted by molar-refractivity contribution is -0.145. The zero-order valence-electron chi connectivity index (χ0n) is 12.1. The summed E-state index contributed by atoms with van der Waals surface area (Å²) in [6.45, 7) is 5.68. The van der Waals surface area contributed by atoms with Crippen LogP contribution in [0.1, 0.15) is 48.5 Å². The van der Waals surface area contributed by atoms with Gasteiger partial charge in [0.15, 0.2) is 0 Å². The summed E-state index contributed by atoms with van der Waals surface area (Å²) in [5.74, 6) is -1.19. The SMILES string of the molecule is Cc1nc(C)c(COC(=O)CCCCC(=O)O)nc1C. The minimum atomic E-state index is -0.848. The normalized spacial score (nSPS) is 10.3. The van der Waals surface area contributed by atoms with Gasteiger partial charge >= 0.3 is 11.9 Å². The van der Waals surface area contributed by atoms with E-state index in [2.05, 4.69) is 9.97 Å². The Morgan fingerprint density at radius 2 is 1.60 bits per heavy atom. The molecule has 0 atom stereocenters. The van der Waals surface area contributed by atoms with Gasteiger partial charge in [0.05, 0.1) is 22.8 Å². The van der Waals surface area contributed by atoms with E-state index in [4.69, 9.17) is 9.84 Å². The second-order valence-corrected chi connectivity index (χ2v) is 4.69. The molecule has 20 heavy (non-hydrogen) atoms. The maximum Gasteiger partial charge on any atom is 0.306 e. The molecule has 0 aromatic carbocycles. The monoisotopic (exact) mass is 280 g/mol. The predicted octanol–water partition coefficient (Wildman–Crippen LogP) is 2.09. The average molecular weight is 280 g/mol. The van der Waals surface area contributed by atoms with Gasteiger partial charge < -0.3 is 9.84 Å². The Hall–Kier alpha value is -1.98. The van der Waals surface area contributed by atoms with Crippen molar-refractivity contribution in [3.05, 3.63) is 22.8 Å². The largest absolute Gasteiger partial charge is 0.481 e. The van der Waals surface area contributed by atoms with Gasteiger partial charge in [-0.1, -0.05) is 0 Å². The number of rotatable bonds is 7. The van der Waals surface area contributed by atoms with Crippen LogP contribution >= 0.6 is 0 Å². The van der Waals surface area contributed by atoms with E-state index in [1.54, 1.807) is 0 Å². The molecule has 0 amide bonds. The molecule has 6 nitrogen and oxygen atoms in total. The molecule has 110 valence electrons. The van der Waals surface area contributed by atoms with Crippen LogP contribution in [0.15, 0.2) is 0 Å². The number of carbonyl (C=O) groups excluding carboxylic acids is 1. The number of aromatic nitrogens is 2. The minimum absolute atomic E-state index is 0.0784. The first-order valence-corrected chi connectivity index (χ1v) is 6.58. The number of carbonyl (C=O) groups is 2. The van der Waals surface area contributed by atoms with E-state index in [1.807, 2.05) is 20.8 Å². The second-order valence-electron chi connectivity index (χ2n) is 4.69. The zero-order valence-corrected chi connectivity index (χ0v) is 12.1. The van der Waals surface area contributed by atoms with Crippen molar-refractivity contribution in [2.75, 3.05) is 0 Å². The summed E-state index contributed by atoms with van der Waals surface area (Å²) >= 11 is 0. The quantitative estimate of drug-likeness (QED) is 0.607. The third-order valence-electron chi connectivity index (χ3n) is 2.97. The van der Waals surface area contributed by atoms with E-state index in [-0.39, 0.29) is 25.4 Å². The van der Waals surface area contributed by atoms with Gasteiger partial charge in [0.25, 0.3) is 0 Å². The molecule has 1 rings (SSSR count). The van der Waals surface area contributed by atoms with E-state index >= 15 is 0 Å². The van der Waals surface area contributed by atoms with E-state index in [1.165, 1.54) is 0 Å². The van der Waals surface area contributed by atoms with Crippen molar-refractivity contribution in [3.63, 3.8) is 0 Å². The van der Waals surface area contributed by atoms with Crippen LogP contribution in [0.2, 0.25) is 0 Å². The van der Waals surface area contributed by atoms with E-state index in [0.29, 0.717) is 18.5 Å². The van der Waals surface area contributed by atoms with Crippen molar-refractivity contribution in [3.8, 4) is 0 Å². The summed E-state index contributed by atoms with van der Waals surface area (Å²) in [7, 11) is 0. The molecule has 0 saturated carbocycles. The van der Waals surface area contributed by atoms with Crippen LogP contribution in [-0.4, -0.2) is 27.0 Å². The van der Waals surface area contributed by atoms with Crippen molar-refractivity contribution < 1.29 is 19.4 Å². The molecule has 0 aliphatic heterocycles. The van der Waals surface area contributed by atoms with Crippen LogP contribution < -0.4 is 0 Å². The first-order chi connectivity index (χ1) is 9.40. The molecule has 1 heterocycles. The summed E-state index contributed by atoms with van der Waals surface area (Å²) in [6, 6.07) is 0. The number of aryl methyl sites for hydroxylation is 3. The molecule has 0 aliphatic carbocycles. The second kappa shape index (κ2) is 7.57. The number of nitrogens with zero attached hydrogens (tertiary/aromatic N) is 2. The summed E-state index contributed by atoms with van der Waals surface area (Å²) in [5, 5.41) is 8.48. The van der Waals surface area contributed by atoms with Crippen LogP contribution in [-0.2, 0) is 20.9 Å². The molecule has 0 aliphatic rings. The molecule has 1 aromatic rings. The molecule has 0 radical (unpaired) electrons. The summed E-state index contributed by atoms with van der Waals surface area (Å²) < 4.78 is 5.12. The Morgan fingerprint density at radius 3 is 2.25 bits per heavy atom. The molecular formula is C14H20N2O4. The smallest absolute Gasteiger partial charge is 0.306 e. The van der Waals surface area contributed by atoms with E-state index in [9.17, 15) is 9.59 Å². The molecule has 6 heteroatoms. The third-order valence-corrected chi connectivity index (χ3v) is 2.97. The van der Waals surface area contributed by atoms with Gasteiger partial charge in [-0.3, -0.25) is 19.6 Å². The molecule has 0 bridgehead atoms. The topological polar surface area (TPSA) is 89.4 Å². The average Bonchev–Trinajstić information content (AvgIpc) is 2.37. The summed E-state index contributed by atoms with van der Waals surface area (Å²) in [6.07, 6.45) is 1.30. The Balaban J connectivity index is 2.37. The Bertz CT molecular complexity index is 500. The fourth-order valence-corrected chi connectivity index (χ4v) is 1.66. The molecule has 0 saturated heterocycles. The highest BCUT2D eigenvalue weighted by atomic mass is 16.5. The molecular weight excluding hydrogens is 260 g/mol. The molecule has 0 spiro atoms. The number of aliphatic carboxylic acids is 1. The van der Waals surface area contributed by atoms with Crippen molar-refractivity contribution in [2.45, 2.75) is 53.1 Å². The first kappa shape index (κ1) is 16.1. The van der Waals surface area contributed by atoms with Crippen molar-refractivity contribution >= 4 is 11.9 Å². The first-order valence-electron chi connectivity index (χ1n) is 6.58.